The molecule has 1 aromatic carbocycles. The van der Waals surface area contributed by atoms with Gasteiger partial charge in [-0.25, -0.2) is 8.78 Å². The average molecular weight is 254 g/mol. The molecule has 0 spiro atoms. The van der Waals surface area contributed by atoms with Gasteiger partial charge in [0, 0.05) is 11.6 Å². The smallest absolute Gasteiger partial charge is 0.246 e. The zero-order valence-corrected chi connectivity index (χ0v) is 9.74. The van der Waals surface area contributed by atoms with Crippen LogP contribution in [0.4, 0.5) is 8.78 Å². The number of hydrogen-bond acceptors (Lipinski definition) is 3. The number of amides is 2. The Bertz CT molecular complexity index is 505. The molecule has 0 aromatic heterocycles. The second kappa shape index (κ2) is 4.81. The lowest BCUT2D eigenvalue weighted by atomic mass is 10.1. The predicted molar refractivity (Wildman–Crippen MR) is 59.4 cm³/mol. The van der Waals surface area contributed by atoms with Gasteiger partial charge < -0.3 is 0 Å². The Balaban J connectivity index is 2.21. The number of piperazine rings is 1. The van der Waals surface area contributed by atoms with Crippen molar-refractivity contribution in [3.63, 3.8) is 0 Å². The van der Waals surface area contributed by atoms with Crippen LogP contribution < -0.4 is 5.32 Å². The minimum atomic E-state index is -0.762. The van der Waals surface area contributed by atoms with Crippen molar-refractivity contribution >= 4 is 11.8 Å². The summed E-state index contributed by atoms with van der Waals surface area (Å²) in [6, 6.07) is 2.58. The van der Waals surface area contributed by atoms with Crippen molar-refractivity contribution in [2.45, 2.75) is 19.5 Å². The number of imide groups is 1. The lowest BCUT2D eigenvalue weighted by molar-refractivity contribution is -0.149. The Hall–Kier alpha value is -1.82. The van der Waals surface area contributed by atoms with E-state index < -0.39 is 29.5 Å². The molecule has 1 atom stereocenters. The van der Waals surface area contributed by atoms with Crippen LogP contribution in [-0.4, -0.2) is 29.3 Å². The molecule has 1 saturated heterocycles. The van der Waals surface area contributed by atoms with Crippen molar-refractivity contribution in [1.29, 1.82) is 0 Å². The van der Waals surface area contributed by atoms with Gasteiger partial charge in [-0.3, -0.25) is 19.8 Å². The Morgan fingerprint density at radius 3 is 2.78 bits per heavy atom. The van der Waals surface area contributed by atoms with Crippen LogP contribution in [0, 0.1) is 11.6 Å². The first kappa shape index (κ1) is 12.6. The summed E-state index contributed by atoms with van der Waals surface area (Å²) in [5.41, 5.74) is 0.118. The fourth-order valence-corrected chi connectivity index (χ4v) is 1.77. The summed E-state index contributed by atoms with van der Waals surface area (Å²) in [7, 11) is 0. The molecule has 4 nitrogen and oxygen atoms in total. The summed E-state index contributed by atoms with van der Waals surface area (Å²) in [6.07, 6.45) is 0. The molecule has 1 heterocycles. The van der Waals surface area contributed by atoms with Gasteiger partial charge in [0.1, 0.15) is 11.6 Å². The summed E-state index contributed by atoms with van der Waals surface area (Å²) < 4.78 is 26.2. The van der Waals surface area contributed by atoms with E-state index in [1.165, 1.54) is 6.07 Å². The normalized spacial score (nSPS) is 20.4. The molecule has 1 unspecified atom stereocenters. The van der Waals surface area contributed by atoms with Crippen molar-refractivity contribution in [2.75, 3.05) is 6.54 Å². The number of rotatable bonds is 2. The van der Waals surface area contributed by atoms with Gasteiger partial charge in [0.15, 0.2) is 0 Å². The van der Waals surface area contributed by atoms with E-state index in [9.17, 15) is 18.4 Å². The third kappa shape index (κ3) is 2.38. The van der Waals surface area contributed by atoms with E-state index >= 15 is 0 Å². The maximum Gasteiger partial charge on any atom is 0.246 e. The van der Waals surface area contributed by atoms with Crippen LogP contribution in [-0.2, 0) is 16.1 Å². The highest BCUT2D eigenvalue weighted by Crippen LogP contribution is 2.14. The zero-order valence-electron chi connectivity index (χ0n) is 9.74. The van der Waals surface area contributed by atoms with Gasteiger partial charge in [0.05, 0.1) is 19.1 Å². The topological polar surface area (TPSA) is 49.4 Å². The van der Waals surface area contributed by atoms with Crippen LogP contribution in [0.2, 0.25) is 0 Å². The second-order valence-electron chi connectivity index (χ2n) is 4.16. The first-order valence-electron chi connectivity index (χ1n) is 5.50. The predicted octanol–water partition coefficient (Wildman–Crippen LogP) is 0.812. The number of nitrogens with zero attached hydrogens (tertiary/aromatic N) is 1. The number of carbonyl (C=O) groups is 2. The first-order valence-corrected chi connectivity index (χ1v) is 5.50. The van der Waals surface area contributed by atoms with Crippen LogP contribution in [0.15, 0.2) is 18.2 Å². The average Bonchev–Trinajstić information content (AvgIpc) is 2.32. The molecular formula is C12H12F2N2O2. The maximum absolute atomic E-state index is 13.5. The van der Waals surface area contributed by atoms with Gasteiger partial charge in [0.2, 0.25) is 11.8 Å². The van der Waals surface area contributed by atoms with Gasteiger partial charge in [-0.2, -0.15) is 0 Å². The number of hydrogen-bond donors (Lipinski definition) is 1. The highest BCUT2D eigenvalue weighted by atomic mass is 19.1. The lowest BCUT2D eigenvalue weighted by Gasteiger charge is -2.29. The molecule has 1 aliphatic heterocycles. The van der Waals surface area contributed by atoms with Crippen LogP contribution in [0.3, 0.4) is 0 Å². The fourth-order valence-electron chi connectivity index (χ4n) is 1.77. The van der Waals surface area contributed by atoms with Crippen molar-refractivity contribution < 1.29 is 18.4 Å². The van der Waals surface area contributed by atoms with E-state index in [0.717, 1.165) is 17.0 Å². The Morgan fingerprint density at radius 1 is 1.39 bits per heavy atom. The molecule has 18 heavy (non-hydrogen) atoms. The van der Waals surface area contributed by atoms with Gasteiger partial charge in [-0.1, -0.05) is 6.07 Å². The molecule has 1 aliphatic rings. The molecule has 1 N–H and O–H groups in total. The molecular weight excluding hydrogens is 242 g/mol. The molecule has 2 rings (SSSR count). The first-order chi connectivity index (χ1) is 8.49. The largest absolute Gasteiger partial charge is 0.298 e. The molecule has 0 aliphatic carbocycles. The van der Waals surface area contributed by atoms with Gasteiger partial charge in [0.25, 0.3) is 0 Å². The summed E-state index contributed by atoms with van der Waals surface area (Å²) in [6.45, 7) is 1.49. The number of nitrogens with one attached hydrogen (secondary N) is 1. The molecule has 96 valence electrons. The zero-order chi connectivity index (χ0) is 13.3. The second-order valence-corrected chi connectivity index (χ2v) is 4.16. The van der Waals surface area contributed by atoms with Crippen molar-refractivity contribution in [3.8, 4) is 0 Å². The van der Waals surface area contributed by atoms with E-state index in [-0.39, 0.29) is 18.7 Å². The monoisotopic (exact) mass is 254 g/mol. The SMILES string of the molecule is CC1NCC(=O)N(Cc2ccc(F)cc2F)C1=O. The van der Waals surface area contributed by atoms with Crippen LogP contribution in [0.25, 0.3) is 0 Å². The Morgan fingerprint density at radius 2 is 2.11 bits per heavy atom. The highest BCUT2D eigenvalue weighted by Gasteiger charge is 2.31. The third-order valence-electron chi connectivity index (χ3n) is 2.84. The fraction of sp³-hybridized carbons (Fsp3) is 0.333. The Kier molecular flexibility index (Phi) is 3.38. The maximum atomic E-state index is 13.5. The number of benzene rings is 1. The molecule has 1 aromatic rings. The van der Waals surface area contributed by atoms with Gasteiger partial charge in [-0.15, -0.1) is 0 Å². The van der Waals surface area contributed by atoms with Crippen LogP contribution in [0.5, 0.6) is 0 Å². The number of carbonyl (C=O) groups excluding carboxylic acids is 2. The summed E-state index contributed by atoms with van der Waals surface area (Å²) in [5, 5.41) is 2.73. The molecule has 0 saturated carbocycles. The summed E-state index contributed by atoms with van der Waals surface area (Å²) in [5.74, 6) is -2.28. The van der Waals surface area contributed by atoms with E-state index in [2.05, 4.69) is 5.32 Å². The van der Waals surface area contributed by atoms with Gasteiger partial charge >= 0.3 is 0 Å². The van der Waals surface area contributed by atoms with E-state index in [0.29, 0.717) is 0 Å². The molecule has 0 bridgehead atoms. The minimum Gasteiger partial charge on any atom is -0.298 e. The van der Waals surface area contributed by atoms with E-state index in [1.807, 2.05) is 0 Å². The standard InChI is InChI=1S/C12H12F2N2O2/c1-7-12(18)16(11(17)5-15-7)6-8-2-3-9(13)4-10(8)14/h2-4,7,15H,5-6H2,1H3. The quantitative estimate of drug-likeness (QED) is 0.795. The molecule has 2 amide bonds. The van der Waals surface area contributed by atoms with Crippen LogP contribution >= 0.6 is 0 Å². The minimum absolute atomic E-state index is 0.0374. The third-order valence-corrected chi connectivity index (χ3v) is 2.84. The Labute approximate surface area is 103 Å². The lowest BCUT2D eigenvalue weighted by Crippen LogP contribution is -2.56. The summed E-state index contributed by atoms with van der Waals surface area (Å²) >= 11 is 0. The highest BCUT2D eigenvalue weighted by molar-refractivity contribution is 6.00. The van der Waals surface area contributed by atoms with Crippen molar-refractivity contribution in [3.05, 3.63) is 35.4 Å². The van der Waals surface area contributed by atoms with Gasteiger partial charge in [-0.05, 0) is 13.0 Å². The van der Waals surface area contributed by atoms with E-state index in [1.54, 1.807) is 6.92 Å². The molecule has 0 radical (unpaired) electrons. The van der Waals surface area contributed by atoms with E-state index in [4.69, 9.17) is 0 Å². The number of halogens is 2. The molecule has 1 fully saturated rings. The summed E-state index contributed by atoms with van der Waals surface area (Å²) in [4.78, 5) is 24.3. The van der Waals surface area contributed by atoms with Crippen LogP contribution in [0.1, 0.15) is 12.5 Å². The van der Waals surface area contributed by atoms with Crippen molar-refractivity contribution in [1.82, 2.24) is 10.2 Å². The molecule has 6 heteroatoms. The van der Waals surface area contributed by atoms with Crippen molar-refractivity contribution in [2.24, 2.45) is 0 Å².